The van der Waals surface area contributed by atoms with Crippen LogP contribution in [0.25, 0.3) is 0 Å². The van der Waals surface area contributed by atoms with Gasteiger partial charge in [-0.2, -0.15) is 0 Å². The molecule has 1 aromatic heterocycles. The summed E-state index contributed by atoms with van der Waals surface area (Å²) in [6, 6.07) is 24.0. The zero-order valence-electron chi connectivity index (χ0n) is 18.8. The molecule has 0 unspecified atom stereocenters. The first kappa shape index (κ1) is 23.0. The van der Waals surface area contributed by atoms with E-state index in [1.807, 2.05) is 49.4 Å². The molecule has 0 bridgehead atoms. The minimum absolute atomic E-state index is 0.0220. The first-order valence-corrected chi connectivity index (χ1v) is 12.2. The number of para-hydroxylation sites is 1. The van der Waals surface area contributed by atoms with Crippen LogP contribution in [0.2, 0.25) is 0 Å². The molecule has 1 aliphatic rings. The third kappa shape index (κ3) is 6.00. The number of thiophene rings is 1. The van der Waals surface area contributed by atoms with Gasteiger partial charge < -0.3 is 15.5 Å². The molecule has 0 saturated carbocycles. The van der Waals surface area contributed by atoms with Crippen LogP contribution in [0, 0.1) is 0 Å². The number of hydrogen-bond acceptors (Lipinski definition) is 5. The van der Waals surface area contributed by atoms with Crippen molar-refractivity contribution in [2.45, 2.75) is 25.6 Å². The van der Waals surface area contributed by atoms with E-state index in [4.69, 9.17) is 0 Å². The van der Waals surface area contributed by atoms with Crippen LogP contribution in [0.1, 0.15) is 23.4 Å². The maximum absolute atomic E-state index is 12.6. The number of benzene rings is 2. The van der Waals surface area contributed by atoms with Crippen LogP contribution in [-0.2, 0) is 16.1 Å². The molecule has 1 aliphatic heterocycles. The van der Waals surface area contributed by atoms with E-state index in [1.165, 1.54) is 10.6 Å². The van der Waals surface area contributed by atoms with Crippen LogP contribution in [0.3, 0.4) is 0 Å². The Morgan fingerprint density at radius 3 is 2.18 bits per heavy atom. The summed E-state index contributed by atoms with van der Waals surface area (Å²) in [6.07, 6.45) is 0. The van der Waals surface area contributed by atoms with Gasteiger partial charge in [0.15, 0.2) is 0 Å². The van der Waals surface area contributed by atoms with Gasteiger partial charge in [-0.3, -0.25) is 14.5 Å². The molecule has 2 amide bonds. The molecule has 0 spiro atoms. The van der Waals surface area contributed by atoms with Gasteiger partial charge in [0.1, 0.15) is 0 Å². The molecule has 33 heavy (non-hydrogen) atoms. The number of nitrogens with zero attached hydrogens (tertiary/aromatic N) is 2. The van der Waals surface area contributed by atoms with Crippen LogP contribution < -0.4 is 15.5 Å². The van der Waals surface area contributed by atoms with Gasteiger partial charge in [-0.1, -0.05) is 54.6 Å². The lowest BCUT2D eigenvalue weighted by Gasteiger charge is -2.42. The third-order valence-corrected chi connectivity index (χ3v) is 6.94. The largest absolute Gasteiger partial charge is 0.369 e. The summed E-state index contributed by atoms with van der Waals surface area (Å²) in [4.78, 5) is 31.0. The third-order valence-electron chi connectivity index (χ3n) is 6.00. The zero-order valence-corrected chi connectivity index (χ0v) is 19.6. The smallest absolute Gasteiger partial charge is 0.309 e. The quantitative estimate of drug-likeness (QED) is 0.528. The van der Waals surface area contributed by atoms with E-state index in [9.17, 15) is 9.59 Å². The Hall–Kier alpha value is -3.16. The average molecular weight is 463 g/mol. The fourth-order valence-corrected chi connectivity index (χ4v) is 5.27. The van der Waals surface area contributed by atoms with Crippen molar-refractivity contribution in [1.29, 1.82) is 0 Å². The first-order valence-electron chi connectivity index (χ1n) is 11.3. The molecule has 2 atom stereocenters. The maximum Gasteiger partial charge on any atom is 0.309 e. The highest BCUT2D eigenvalue weighted by molar-refractivity contribution is 7.10. The summed E-state index contributed by atoms with van der Waals surface area (Å²) in [5, 5.41) is 7.72. The molecule has 0 radical (unpaired) electrons. The molecule has 2 aromatic carbocycles. The number of carbonyl (C=O) groups excluding carboxylic acids is 2. The van der Waals surface area contributed by atoms with E-state index in [0.717, 1.165) is 31.7 Å². The van der Waals surface area contributed by atoms with E-state index in [2.05, 4.69) is 56.1 Å². The number of piperazine rings is 1. The van der Waals surface area contributed by atoms with Gasteiger partial charge in [0.25, 0.3) is 0 Å². The van der Waals surface area contributed by atoms with Crippen molar-refractivity contribution in [1.82, 2.24) is 15.5 Å². The Morgan fingerprint density at radius 2 is 1.55 bits per heavy atom. The Labute approximate surface area is 199 Å². The summed E-state index contributed by atoms with van der Waals surface area (Å²) in [7, 11) is 0. The molecule has 7 heteroatoms. The SMILES string of the molecule is C[C@H](NC(=O)C(=O)NCc1ccccc1)[C@@H](c1cccs1)N1CCN(c2ccccc2)CC1. The molecule has 4 rings (SSSR count). The second-order valence-corrected chi connectivity index (χ2v) is 9.23. The van der Waals surface area contributed by atoms with Crippen molar-refractivity contribution >= 4 is 28.8 Å². The standard InChI is InChI=1S/C26H30N4O2S/c1-20(28-26(32)25(31)27-19-21-9-4-2-5-10-21)24(23-13-8-18-33-23)30-16-14-29(15-17-30)22-11-6-3-7-12-22/h2-13,18,20,24H,14-17,19H2,1H3,(H,27,31)(H,28,32)/t20-,24-/m0/s1. The van der Waals surface area contributed by atoms with Crippen molar-refractivity contribution in [3.63, 3.8) is 0 Å². The van der Waals surface area contributed by atoms with Crippen molar-refractivity contribution in [2.24, 2.45) is 0 Å². The fraction of sp³-hybridized carbons (Fsp3) is 0.308. The normalized spacial score (nSPS) is 16.1. The summed E-state index contributed by atoms with van der Waals surface area (Å²) >= 11 is 1.69. The monoisotopic (exact) mass is 462 g/mol. The van der Waals surface area contributed by atoms with Gasteiger partial charge in [-0.15, -0.1) is 11.3 Å². The molecule has 172 valence electrons. The van der Waals surface area contributed by atoms with Crippen LogP contribution in [0.4, 0.5) is 5.69 Å². The van der Waals surface area contributed by atoms with Crippen molar-refractivity contribution in [3.05, 3.63) is 88.6 Å². The topological polar surface area (TPSA) is 64.7 Å². The highest BCUT2D eigenvalue weighted by Crippen LogP contribution is 2.30. The number of nitrogens with one attached hydrogen (secondary N) is 2. The van der Waals surface area contributed by atoms with Gasteiger partial charge in [0.05, 0.1) is 6.04 Å². The van der Waals surface area contributed by atoms with Gasteiger partial charge in [0.2, 0.25) is 0 Å². The molecular weight excluding hydrogens is 432 g/mol. The number of amides is 2. The first-order chi connectivity index (χ1) is 16.1. The Morgan fingerprint density at radius 1 is 0.879 bits per heavy atom. The predicted molar refractivity (Wildman–Crippen MR) is 133 cm³/mol. The second kappa shape index (κ2) is 11.1. The molecular formula is C26H30N4O2S. The highest BCUT2D eigenvalue weighted by Gasteiger charge is 2.31. The lowest BCUT2D eigenvalue weighted by atomic mass is 10.0. The summed E-state index contributed by atoms with van der Waals surface area (Å²) in [6.45, 7) is 5.93. The molecule has 6 nitrogen and oxygen atoms in total. The minimum Gasteiger partial charge on any atom is -0.369 e. The molecule has 1 fully saturated rings. The summed E-state index contributed by atoms with van der Waals surface area (Å²) < 4.78 is 0. The van der Waals surface area contributed by atoms with Crippen molar-refractivity contribution in [3.8, 4) is 0 Å². The Kier molecular flexibility index (Phi) is 7.75. The average Bonchev–Trinajstić information content (AvgIpc) is 3.38. The van der Waals surface area contributed by atoms with Gasteiger partial charge >= 0.3 is 11.8 Å². The highest BCUT2D eigenvalue weighted by atomic mass is 32.1. The van der Waals surface area contributed by atoms with Crippen molar-refractivity contribution in [2.75, 3.05) is 31.1 Å². The van der Waals surface area contributed by atoms with E-state index >= 15 is 0 Å². The van der Waals surface area contributed by atoms with E-state index < -0.39 is 11.8 Å². The molecule has 3 aromatic rings. The van der Waals surface area contributed by atoms with E-state index in [0.29, 0.717) is 6.54 Å². The number of carbonyl (C=O) groups is 2. The molecule has 0 aliphatic carbocycles. The summed E-state index contributed by atoms with van der Waals surface area (Å²) in [5.41, 5.74) is 2.20. The van der Waals surface area contributed by atoms with Crippen LogP contribution in [0.15, 0.2) is 78.2 Å². The molecule has 1 saturated heterocycles. The second-order valence-electron chi connectivity index (χ2n) is 8.25. The number of rotatable bonds is 7. The van der Waals surface area contributed by atoms with Gasteiger partial charge in [-0.25, -0.2) is 0 Å². The fourth-order valence-electron chi connectivity index (χ4n) is 4.31. The zero-order chi connectivity index (χ0) is 23.0. The van der Waals surface area contributed by atoms with Crippen LogP contribution >= 0.6 is 11.3 Å². The van der Waals surface area contributed by atoms with Gasteiger partial charge in [-0.05, 0) is 36.1 Å². The van der Waals surface area contributed by atoms with Crippen LogP contribution in [0.5, 0.6) is 0 Å². The molecule has 2 heterocycles. The van der Waals surface area contributed by atoms with Crippen molar-refractivity contribution < 1.29 is 9.59 Å². The van der Waals surface area contributed by atoms with E-state index in [-0.39, 0.29) is 12.1 Å². The Balaban J connectivity index is 1.37. The van der Waals surface area contributed by atoms with Gasteiger partial charge in [0, 0.05) is 49.3 Å². The maximum atomic E-state index is 12.6. The van der Waals surface area contributed by atoms with Crippen LogP contribution in [-0.4, -0.2) is 48.9 Å². The molecule has 2 N–H and O–H groups in total. The lowest BCUT2D eigenvalue weighted by Crippen LogP contribution is -2.53. The Bertz CT molecular complexity index is 1020. The lowest BCUT2D eigenvalue weighted by molar-refractivity contribution is -0.140. The van der Waals surface area contributed by atoms with E-state index in [1.54, 1.807) is 11.3 Å². The summed E-state index contributed by atoms with van der Waals surface area (Å²) in [5.74, 6) is -1.20. The predicted octanol–water partition coefficient (Wildman–Crippen LogP) is 3.43. The minimum atomic E-state index is -0.607. The number of hydrogen-bond donors (Lipinski definition) is 2. The number of anilines is 1.